The van der Waals surface area contributed by atoms with Gasteiger partial charge in [-0.25, -0.2) is 4.85 Å². The quantitative estimate of drug-likeness (QED) is 0.106. The van der Waals surface area contributed by atoms with Crippen molar-refractivity contribution >= 4 is 107 Å². The third-order valence-corrected chi connectivity index (χ3v) is 19.5. The number of hydrogen-bond acceptors (Lipinski definition) is 5. The highest BCUT2D eigenvalue weighted by Crippen LogP contribution is 2.53. The molecule has 14 aromatic carbocycles. The van der Waals surface area contributed by atoms with Gasteiger partial charge in [-0.2, -0.15) is 15.8 Å². The van der Waals surface area contributed by atoms with E-state index in [-0.39, 0.29) is 6.71 Å². The van der Waals surface area contributed by atoms with E-state index in [2.05, 4.69) is 279 Å². The predicted molar refractivity (Wildman–Crippen MR) is 397 cm³/mol. The molecule has 2 aromatic heterocycles. The van der Waals surface area contributed by atoms with E-state index in [0.717, 1.165) is 161 Å². The first-order chi connectivity index (χ1) is 47.9. The summed E-state index contributed by atoms with van der Waals surface area (Å²) in [5.74, 6) is 0. The van der Waals surface area contributed by atoms with Crippen molar-refractivity contribution < 1.29 is 0 Å². The van der Waals surface area contributed by atoms with E-state index in [0.29, 0.717) is 22.4 Å². The molecule has 0 fully saturated rings. The van der Waals surface area contributed by atoms with Gasteiger partial charge < -0.3 is 18.9 Å². The van der Waals surface area contributed by atoms with Gasteiger partial charge in [0.15, 0.2) is 5.69 Å². The smallest absolute Gasteiger partial charge is 0.252 e. The second kappa shape index (κ2) is 22.6. The van der Waals surface area contributed by atoms with E-state index in [1.807, 2.05) is 72.8 Å². The molecule has 8 nitrogen and oxygen atoms in total. The van der Waals surface area contributed by atoms with Crippen molar-refractivity contribution in [3.8, 4) is 85.2 Å². The van der Waals surface area contributed by atoms with Crippen molar-refractivity contribution in [2.24, 2.45) is 0 Å². The van der Waals surface area contributed by atoms with Crippen LogP contribution < -0.4 is 26.2 Å². The van der Waals surface area contributed by atoms with Crippen LogP contribution in [-0.4, -0.2) is 15.8 Å². The standard InChI is InChI=1S/C88H51BN8/c1-93-67-33-42-82-76(49-67)75-45-58(55-92)29-40-81(75)96(82)70-51-85-87-86(52-70)97(88-71(63-23-13-5-14-24-63)46-66(61-21-11-4-12-22-61)47-72(88)64-25-15-6-16-26-64)83-41-32-65(60-19-9-3-10-20-60)48-78(83)89(87)77-37-36-69(50-84(77)94(85)68-34-30-62(31-35-68)59-17-7-2-8-18-59)95-79-38-27-56(53-90)43-73(79)74-44-57(54-91)28-39-80(74)95/h2-52H. The van der Waals surface area contributed by atoms with Crippen molar-refractivity contribution in [3.63, 3.8) is 0 Å². The van der Waals surface area contributed by atoms with Crippen LogP contribution in [0.2, 0.25) is 0 Å². The molecular weight excluding hydrogens is 1180 g/mol. The SMILES string of the molecule is [C-]#[N+]c1ccc2c(c1)c1cc(C#N)ccc1n2-c1cc2c3c(c1)N(c1c(-c4ccccc4)cc(-c4ccccc4)cc1-c1ccccc1)c1ccc(-c4ccccc4)cc1B3c1ccc(-n3c4ccc(C#N)cc4c4cc(C#N)ccc43)cc1N2c1ccc(-c2ccccc2)cc1. The second-order valence-corrected chi connectivity index (χ2v) is 24.8. The summed E-state index contributed by atoms with van der Waals surface area (Å²) in [6.45, 7) is 7.88. The zero-order chi connectivity index (χ0) is 64.8. The molecule has 0 saturated carbocycles. The van der Waals surface area contributed by atoms with Gasteiger partial charge >= 0.3 is 0 Å². The number of anilines is 6. The van der Waals surface area contributed by atoms with Gasteiger partial charge in [0.25, 0.3) is 6.71 Å². The van der Waals surface area contributed by atoms with Crippen LogP contribution in [0.3, 0.4) is 0 Å². The maximum absolute atomic E-state index is 10.5. The zero-order valence-electron chi connectivity index (χ0n) is 52.1. The summed E-state index contributed by atoms with van der Waals surface area (Å²) in [6.07, 6.45) is 0. The van der Waals surface area contributed by atoms with Crippen LogP contribution in [0.15, 0.2) is 309 Å². The summed E-state index contributed by atoms with van der Waals surface area (Å²) in [5, 5.41) is 34.6. The molecule has 0 N–H and O–H groups in total. The maximum atomic E-state index is 10.5. The van der Waals surface area contributed by atoms with Crippen LogP contribution in [0.1, 0.15) is 16.7 Å². The Morgan fingerprint density at radius 3 is 1.22 bits per heavy atom. The van der Waals surface area contributed by atoms with Gasteiger partial charge in [0.1, 0.15) is 0 Å². The largest absolute Gasteiger partial charge is 0.311 e. The molecule has 2 aliphatic heterocycles. The lowest BCUT2D eigenvalue weighted by atomic mass is 9.33. The highest BCUT2D eigenvalue weighted by Gasteiger charge is 2.45. The summed E-state index contributed by atoms with van der Waals surface area (Å²) in [7, 11) is 0. The summed E-state index contributed by atoms with van der Waals surface area (Å²) in [5.41, 5.74) is 27.5. The molecule has 97 heavy (non-hydrogen) atoms. The van der Waals surface area contributed by atoms with E-state index >= 15 is 0 Å². The Labute approximate surface area is 560 Å². The number of fused-ring (bicyclic) bond motifs is 10. The Hall–Kier alpha value is -13.7. The average molecular weight is 1230 g/mol. The third-order valence-electron chi connectivity index (χ3n) is 19.5. The van der Waals surface area contributed by atoms with Crippen LogP contribution in [0.5, 0.6) is 0 Å². The summed E-state index contributed by atoms with van der Waals surface area (Å²) in [6, 6.07) is 116. The molecule has 2 aliphatic rings. The Balaban J connectivity index is 1.01. The summed E-state index contributed by atoms with van der Waals surface area (Å²) >= 11 is 0. The molecule has 4 heterocycles. The normalized spacial score (nSPS) is 12.0. The predicted octanol–water partition coefficient (Wildman–Crippen LogP) is 20.5. The Morgan fingerprint density at radius 2 is 0.711 bits per heavy atom. The van der Waals surface area contributed by atoms with Gasteiger partial charge in [-0.05, 0) is 188 Å². The highest BCUT2D eigenvalue weighted by atomic mass is 15.2. The topological polar surface area (TPSA) is 92.1 Å². The fourth-order valence-corrected chi connectivity index (χ4v) is 15.2. The van der Waals surface area contributed by atoms with Crippen molar-refractivity contribution in [2.45, 2.75) is 0 Å². The van der Waals surface area contributed by atoms with E-state index in [1.54, 1.807) is 0 Å². The van der Waals surface area contributed by atoms with E-state index in [4.69, 9.17) is 6.57 Å². The van der Waals surface area contributed by atoms with E-state index < -0.39 is 0 Å². The van der Waals surface area contributed by atoms with Crippen molar-refractivity contribution in [1.82, 2.24) is 9.13 Å². The first-order valence-corrected chi connectivity index (χ1v) is 32.3. The van der Waals surface area contributed by atoms with Gasteiger partial charge in [0, 0.05) is 61.4 Å². The fourth-order valence-electron chi connectivity index (χ4n) is 15.2. The van der Waals surface area contributed by atoms with Gasteiger partial charge in [0.2, 0.25) is 0 Å². The van der Waals surface area contributed by atoms with Crippen LogP contribution in [0.4, 0.5) is 39.8 Å². The lowest BCUT2D eigenvalue weighted by Crippen LogP contribution is -2.61. The van der Waals surface area contributed by atoms with Gasteiger partial charge in [-0.3, -0.25) is 0 Å². The molecular formula is C88H51BN8. The lowest BCUT2D eigenvalue weighted by molar-refractivity contribution is 1.15. The third kappa shape index (κ3) is 9.04. The van der Waals surface area contributed by atoms with Gasteiger partial charge in [-0.1, -0.05) is 188 Å². The molecule has 0 atom stereocenters. The number of nitrogens with zero attached hydrogens (tertiary/aromatic N) is 8. The molecule has 0 bridgehead atoms. The molecule has 16 aromatic rings. The first kappa shape index (κ1) is 56.1. The summed E-state index contributed by atoms with van der Waals surface area (Å²) in [4.78, 5) is 8.95. The summed E-state index contributed by atoms with van der Waals surface area (Å²) < 4.78 is 4.59. The minimum absolute atomic E-state index is 0.353. The van der Waals surface area contributed by atoms with E-state index in [1.165, 1.54) is 0 Å². The van der Waals surface area contributed by atoms with Crippen molar-refractivity contribution in [3.05, 3.63) is 337 Å². The molecule has 0 amide bonds. The second-order valence-electron chi connectivity index (χ2n) is 24.8. The molecule has 0 spiro atoms. The number of benzene rings is 14. The van der Waals surface area contributed by atoms with Gasteiger partial charge in [0.05, 0.1) is 74.9 Å². The zero-order valence-corrected chi connectivity index (χ0v) is 52.1. The highest BCUT2D eigenvalue weighted by molar-refractivity contribution is 7.00. The average Bonchev–Trinajstić information content (AvgIpc) is 1.55. The van der Waals surface area contributed by atoms with Crippen molar-refractivity contribution in [2.75, 3.05) is 9.80 Å². The minimum atomic E-state index is -0.353. The Bertz CT molecular complexity index is 5910. The lowest BCUT2D eigenvalue weighted by Gasteiger charge is -2.45. The monoisotopic (exact) mass is 1230 g/mol. The van der Waals surface area contributed by atoms with E-state index in [9.17, 15) is 15.8 Å². The minimum Gasteiger partial charge on any atom is -0.311 e. The van der Waals surface area contributed by atoms with Crippen LogP contribution in [0, 0.1) is 40.6 Å². The molecule has 0 aliphatic carbocycles. The van der Waals surface area contributed by atoms with Crippen LogP contribution in [0.25, 0.3) is 115 Å². The number of rotatable bonds is 9. The van der Waals surface area contributed by atoms with Crippen LogP contribution >= 0.6 is 0 Å². The van der Waals surface area contributed by atoms with Crippen molar-refractivity contribution in [1.29, 1.82) is 15.8 Å². The van der Waals surface area contributed by atoms with Crippen LogP contribution in [-0.2, 0) is 0 Å². The molecule has 9 heteroatoms. The molecule has 18 rings (SSSR count). The number of aromatic nitrogens is 2. The molecule has 0 saturated heterocycles. The van der Waals surface area contributed by atoms with Gasteiger partial charge in [-0.15, -0.1) is 0 Å². The molecule has 446 valence electrons. The first-order valence-electron chi connectivity index (χ1n) is 32.3. The maximum Gasteiger partial charge on any atom is 0.252 e. The molecule has 0 radical (unpaired) electrons. The molecule has 0 unspecified atom stereocenters. The number of nitriles is 3. The Morgan fingerprint density at radius 1 is 0.299 bits per heavy atom. The Kier molecular flexibility index (Phi) is 13.0. The fraction of sp³-hybridized carbons (Fsp3) is 0. The number of hydrogen-bond donors (Lipinski definition) is 0.